The molecule has 5 rings (SSSR count). The zero-order valence-electron chi connectivity index (χ0n) is 28.5. The van der Waals surface area contributed by atoms with Gasteiger partial charge < -0.3 is 19.6 Å². The fraction of sp³-hybridized carbons (Fsp3) is 0.556. The fourth-order valence-electron chi connectivity index (χ4n) is 5.97. The molecular formula is C36H50ClN5O3. The van der Waals surface area contributed by atoms with Gasteiger partial charge in [-0.05, 0) is 108 Å². The zero-order valence-corrected chi connectivity index (χ0v) is 29.3. The fourth-order valence-corrected chi connectivity index (χ4v) is 6.11. The van der Waals surface area contributed by atoms with Gasteiger partial charge >= 0.3 is 5.97 Å². The van der Waals surface area contributed by atoms with Crippen molar-refractivity contribution in [3.05, 3.63) is 63.8 Å². The molecule has 0 amide bonds. The van der Waals surface area contributed by atoms with E-state index in [-0.39, 0.29) is 23.8 Å². The number of carbonyl (C=O) groups is 1. The maximum absolute atomic E-state index is 12.9. The van der Waals surface area contributed by atoms with Gasteiger partial charge in [-0.3, -0.25) is 9.78 Å². The lowest BCUT2D eigenvalue weighted by atomic mass is 9.82. The third-order valence-electron chi connectivity index (χ3n) is 8.22. The molecule has 4 heterocycles. The molecule has 9 heteroatoms. The van der Waals surface area contributed by atoms with E-state index in [1.807, 2.05) is 26.8 Å². The monoisotopic (exact) mass is 635 g/mol. The summed E-state index contributed by atoms with van der Waals surface area (Å²) < 4.78 is 5.58. The molecule has 0 spiro atoms. The van der Waals surface area contributed by atoms with Crippen molar-refractivity contribution in [1.29, 1.82) is 0 Å². The van der Waals surface area contributed by atoms with Crippen molar-refractivity contribution < 1.29 is 14.6 Å². The van der Waals surface area contributed by atoms with Crippen LogP contribution in [0.15, 0.2) is 30.5 Å². The minimum Gasteiger partial charge on any atom is -0.463 e. The van der Waals surface area contributed by atoms with Crippen molar-refractivity contribution in [3.63, 3.8) is 0 Å². The standard InChI is InChI=1S/C32H40ClN5O2.C4H10O/c1-20(2)40-28(39)18-26-21(3)35-22(4)29(30(26)37-15-11-32(5,6)12-16-37)24-7-8-25-19-38(14-10-23(25)17-24)27-9-13-34-31(33)36-27;1-4(2,3)5/h7-9,13,17,20H,10-12,14-16,18-19H2,1-6H3;5H,1-3H3. The number of piperidine rings is 1. The van der Waals surface area contributed by atoms with Gasteiger partial charge in [0.15, 0.2) is 0 Å². The molecule has 2 aliphatic heterocycles. The van der Waals surface area contributed by atoms with Gasteiger partial charge in [-0.25, -0.2) is 9.97 Å². The van der Waals surface area contributed by atoms with Crippen LogP contribution in [0.3, 0.4) is 0 Å². The van der Waals surface area contributed by atoms with E-state index in [0.717, 1.165) is 85.0 Å². The zero-order chi connectivity index (χ0) is 33.1. The number of hydrogen-bond donors (Lipinski definition) is 1. The molecule has 0 aliphatic carbocycles. The van der Waals surface area contributed by atoms with Gasteiger partial charge in [0.2, 0.25) is 5.28 Å². The largest absolute Gasteiger partial charge is 0.463 e. The Balaban J connectivity index is 0.000000854. The molecule has 8 nitrogen and oxygen atoms in total. The van der Waals surface area contributed by atoms with Crippen LogP contribution in [0.4, 0.5) is 11.5 Å². The summed E-state index contributed by atoms with van der Waals surface area (Å²) in [5, 5.41) is 8.79. The number of pyridine rings is 1. The summed E-state index contributed by atoms with van der Waals surface area (Å²) in [4.78, 5) is 31.0. The van der Waals surface area contributed by atoms with E-state index in [4.69, 9.17) is 26.4 Å². The molecule has 3 aromatic rings. The van der Waals surface area contributed by atoms with Crippen LogP contribution in [-0.2, 0) is 28.9 Å². The lowest BCUT2D eigenvalue weighted by Gasteiger charge is -2.40. The first-order valence-electron chi connectivity index (χ1n) is 16.0. The Bertz CT molecular complexity index is 1500. The number of nitrogens with zero attached hydrogens (tertiary/aromatic N) is 5. The van der Waals surface area contributed by atoms with Crippen LogP contribution >= 0.6 is 11.6 Å². The van der Waals surface area contributed by atoms with E-state index < -0.39 is 5.60 Å². The molecular weight excluding hydrogens is 586 g/mol. The number of benzene rings is 1. The summed E-state index contributed by atoms with van der Waals surface area (Å²) >= 11 is 6.05. The molecule has 0 radical (unpaired) electrons. The van der Waals surface area contributed by atoms with Gasteiger partial charge in [-0.2, -0.15) is 0 Å². The number of ether oxygens (including phenoxy) is 1. The predicted octanol–water partition coefficient (Wildman–Crippen LogP) is 7.27. The van der Waals surface area contributed by atoms with Gasteiger partial charge in [-0.1, -0.05) is 32.0 Å². The highest BCUT2D eigenvalue weighted by Gasteiger charge is 2.31. The molecule has 2 aliphatic rings. The van der Waals surface area contributed by atoms with E-state index in [2.05, 4.69) is 58.7 Å². The van der Waals surface area contributed by atoms with Crippen LogP contribution < -0.4 is 9.80 Å². The Morgan fingerprint density at radius 3 is 2.31 bits per heavy atom. The highest BCUT2D eigenvalue weighted by molar-refractivity contribution is 6.28. The highest BCUT2D eigenvalue weighted by atomic mass is 35.5. The molecule has 1 fully saturated rings. The molecule has 0 saturated carbocycles. The average molecular weight is 636 g/mol. The second kappa shape index (κ2) is 14.0. The number of halogens is 1. The number of hydrogen-bond acceptors (Lipinski definition) is 8. The van der Waals surface area contributed by atoms with E-state index in [9.17, 15) is 4.79 Å². The van der Waals surface area contributed by atoms with Gasteiger partial charge in [0, 0.05) is 54.9 Å². The maximum Gasteiger partial charge on any atom is 0.310 e. The quantitative estimate of drug-likeness (QED) is 0.223. The molecule has 45 heavy (non-hydrogen) atoms. The number of rotatable bonds is 6. The van der Waals surface area contributed by atoms with E-state index in [1.54, 1.807) is 27.0 Å². The summed E-state index contributed by atoms with van der Waals surface area (Å²) in [7, 11) is 0. The van der Waals surface area contributed by atoms with Crippen molar-refractivity contribution >= 4 is 29.1 Å². The first kappa shape index (κ1) is 34.6. The second-order valence-electron chi connectivity index (χ2n) is 14.4. The number of carbonyl (C=O) groups excluding carboxylic acids is 1. The van der Waals surface area contributed by atoms with Crippen molar-refractivity contribution in [2.45, 2.75) is 106 Å². The predicted molar refractivity (Wildman–Crippen MR) is 183 cm³/mol. The summed E-state index contributed by atoms with van der Waals surface area (Å²) in [6.45, 7) is 21.4. The number of fused-ring (bicyclic) bond motifs is 1. The Morgan fingerprint density at radius 1 is 1.02 bits per heavy atom. The Morgan fingerprint density at radius 2 is 1.69 bits per heavy atom. The molecule has 1 saturated heterocycles. The molecule has 1 N–H and O–H groups in total. The number of anilines is 2. The summed E-state index contributed by atoms with van der Waals surface area (Å²) in [6, 6.07) is 8.67. The third kappa shape index (κ3) is 9.39. The van der Waals surface area contributed by atoms with Crippen LogP contribution in [0, 0.1) is 19.3 Å². The number of esters is 1. The van der Waals surface area contributed by atoms with Crippen LogP contribution in [0.1, 0.15) is 89.4 Å². The van der Waals surface area contributed by atoms with Gasteiger partial charge in [0.25, 0.3) is 0 Å². The average Bonchev–Trinajstić information content (AvgIpc) is 2.92. The Labute approximate surface area is 274 Å². The van der Waals surface area contributed by atoms with Crippen LogP contribution in [0.5, 0.6) is 0 Å². The van der Waals surface area contributed by atoms with Gasteiger partial charge in [-0.15, -0.1) is 0 Å². The molecule has 0 unspecified atom stereocenters. The van der Waals surface area contributed by atoms with Crippen molar-refractivity contribution in [1.82, 2.24) is 15.0 Å². The topological polar surface area (TPSA) is 91.7 Å². The van der Waals surface area contributed by atoms with Crippen molar-refractivity contribution in [2.24, 2.45) is 5.41 Å². The van der Waals surface area contributed by atoms with Crippen LogP contribution in [0.25, 0.3) is 11.1 Å². The third-order valence-corrected chi connectivity index (χ3v) is 8.40. The Kier molecular flexibility index (Phi) is 10.8. The first-order valence-corrected chi connectivity index (χ1v) is 16.4. The SMILES string of the molecule is CC(C)(C)O.Cc1nc(C)c(-c2ccc3c(c2)CCN(c2ccnc(Cl)n2)C3)c(N2CCC(C)(C)CC2)c1CC(=O)OC(C)C. The van der Waals surface area contributed by atoms with Gasteiger partial charge in [0.05, 0.1) is 23.8 Å². The van der Waals surface area contributed by atoms with E-state index in [0.29, 0.717) is 5.41 Å². The minimum atomic E-state index is -0.500. The smallest absolute Gasteiger partial charge is 0.310 e. The molecule has 0 bridgehead atoms. The second-order valence-corrected chi connectivity index (χ2v) is 14.7. The molecule has 2 aromatic heterocycles. The lowest BCUT2D eigenvalue weighted by Crippen LogP contribution is -2.38. The normalized spacial score (nSPS) is 16.2. The highest BCUT2D eigenvalue weighted by Crippen LogP contribution is 2.42. The van der Waals surface area contributed by atoms with Gasteiger partial charge in [0.1, 0.15) is 5.82 Å². The molecule has 1 aromatic carbocycles. The Hall–Kier alpha value is -3.23. The van der Waals surface area contributed by atoms with Crippen LogP contribution in [-0.4, -0.2) is 57.4 Å². The molecule has 244 valence electrons. The van der Waals surface area contributed by atoms with Crippen molar-refractivity contribution in [2.75, 3.05) is 29.4 Å². The van der Waals surface area contributed by atoms with Crippen LogP contribution in [0.2, 0.25) is 5.28 Å². The summed E-state index contributed by atoms with van der Waals surface area (Å²) in [5.74, 6) is 0.644. The lowest BCUT2D eigenvalue weighted by molar-refractivity contribution is -0.146. The molecule has 0 atom stereocenters. The number of aromatic nitrogens is 3. The number of aliphatic hydroxyl groups is 1. The van der Waals surface area contributed by atoms with E-state index >= 15 is 0 Å². The minimum absolute atomic E-state index is 0.150. The van der Waals surface area contributed by atoms with Crippen molar-refractivity contribution in [3.8, 4) is 11.1 Å². The summed E-state index contributed by atoms with van der Waals surface area (Å²) in [5.41, 5.74) is 8.74. The first-order chi connectivity index (χ1) is 21.0. The van der Waals surface area contributed by atoms with E-state index in [1.165, 1.54) is 11.1 Å². The summed E-state index contributed by atoms with van der Waals surface area (Å²) in [6.07, 6.45) is 4.90. The maximum atomic E-state index is 12.9. The number of aryl methyl sites for hydroxylation is 2.